The predicted molar refractivity (Wildman–Crippen MR) is 94.5 cm³/mol. The molecule has 4 nitrogen and oxygen atoms in total. The van der Waals surface area contributed by atoms with Crippen LogP contribution in [0.5, 0.6) is 11.5 Å². The number of hydrogen-bond donors (Lipinski definition) is 1. The zero-order valence-electron chi connectivity index (χ0n) is 13.6. The van der Waals surface area contributed by atoms with Crippen LogP contribution in [-0.4, -0.2) is 26.3 Å². The van der Waals surface area contributed by atoms with Crippen molar-refractivity contribution in [1.82, 2.24) is 0 Å². The monoisotopic (exact) mass is 312 g/mol. The number of benzene rings is 2. The van der Waals surface area contributed by atoms with Gasteiger partial charge >= 0.3 is 0 Å². The lowest BCUT2D eigenvalue weighted by molar-refractivity contribution is 0.297. The van der Waals surface area contributed by atoms with E-state index >= 15 is 0 Å². The van der Waals surface area contributed by atoms with E-state index in [2.05, 4.69) is 24.0 Å². The van der Waals surface area contributed by atoms with Gasteiger partial charge in [0.25, 0.3) is 0 Å². The van der Waals surface area contributed by atoms with Crippen LogP contribution in [0.3, 0.4) is 0 Å². The Balaban J connectivity index is 1.45. The van der Waals surface area contributed by atoms with Crippen molar-refractivity contribution >= 4 is 11.4 Å². The number of hydrogen-bond acceptors (Lipinski definition) is 4. The number of nitrogens with two attached hydrogens (primary N) is 1. The molecule has 0 saturated carbocycles. The van der Waals surface area contributed by atoms with Crippen molar-refractivity contribution in [2.45, 2.75) is 19.8 Å². The molecule has 122 valence electrons. The molecule has 0 atom stereocenters. The lowest BCUT2D eigenvalue weighted by Gasteiger charge is -2.31. The Hall–Kier alpha value is -2.36. The summed E-state index contributed by atoms with van der Waals surface area (Å²) in [6.45, 7) is 5.47. The fraction of sp³-hybridized carbons (Fsp3) is 0.368. The Morgan fingerprint density at radius 3 is 2.78 bits per heavy atom. The van der Waals surface area contributed by atoms with Crippen molar-refractivity contribution in [1.29, 1.82) is 0 Å². The normalized spacial score (nSPS) is 13.3. The summed E-state index contributed by atoms with van der Waals surface area (Å²) in [7, 11) is 0. The Bertz CT molecular complexity index is 640. The molecule has 0 spiro atoms. The van der Waals surface area contributed by atoms with E-state index in [1.54, 1.807) is 0 Å². The number of rotatable bonds is 6. The van der Waals surface area contributed by atoms with Crippen LogP contribution >= 0.6 is 0 Å². The molecule has 2 N–H and O–H groups in total. The van der Waals surface area contributed by atoms with Crippen LogP contribution in [-0.2, 0) is 0 Å². The first-order valence-corrected chi connectivity index (χ1v) is 8.19. The van der Waals surface area contributed by atoms with Gasteiger partial charge < -0.3 is 20.1 Å². The lowest BCUT2D eigenvalue weighted by Crippen LogP contribution is -2.33. The fourth-order valence-corrected chi connectivity index (χ4v) is 2.75. The summed E-state index contributed by atoms with van der Waals surface area (Å²) in [5.41, 5.74) is 9.03. The molecule has 2 aromatic rings. The summed E-state index contributed by atoms with van der Waals surface area (Å²) in [4.78, 5) is 2.35. The summed E-state index contributed by atoms with van der Waals surface area (Å²) in [5.74, 6) is 1.88. The summed E-state index contributed by atoms with van der Waals surface area (Å²) in [6, 6.07) is 14.0. The minimum Gasteiger partial charge on any atom is -0.494 e. The zero-order chi connectivity index (χ0) is 16.1. The van der Waals surface area contributed by atoms with Crippen LogP contribution in [0.4, 0.5) is 11.4 Å². The van der Waals surface area contributed by atoms with Crippen LogP contribution in [0.1, 0.15) is 18.4 Å². The van der Waals surface area contributed by atoms with Crippen LogP contribution < -0.4 is 20.1 Å². The van der Waals surface area contributed by atoms with E-state index in [1.165, 1.54) is 5.56 Å². The first-order chi connectivity index (χ1) is 11.2. The molecule has 23 heavy (non-hydrogen) atoms. The molecule has 0 fully saturated rings. The van der Waals surface area contributed by atoms with E-state index < -0.39 is 0 Å². The van der Waals surface area contributed by atoms with Gasteiger partial charge in [-0.3, -0.25) is 0 Å². The molecule has 0 unspecified atom stereocenters. The summed E-state index contributed by atoms with van der Waals surface area (Å²) >= 11 is 0. The molecular weight excluding hydrogens is 288 g/mol. The topological polar surface area (TPSA) is 47.7 Å². The van der Waals surface area contributed by atoms with Gasteiger partial charge in [0.05, 0.1) is 18.8 Å². The molecule has 0 bridgehead atoms. The molecular formula is C19H24N2O2. The van der Waals surface area contributed by atoms with Gasteiger partial charge in [0.2, 0.25) is 0 Å². The minimum atomic E-state index is 0.733. The van der Waals surface area contributed by atoms with Gasteiger partial charge in [-0.15, -0.1) is 0 Å². The van der Waals surface area contributed by atoms with E-state index in [1.807, 2.05) is 30.3 Å². The van der Waals surface area contributed by atoms with Gasteiger partial charge in [0.15, 0.2) is 0 Å². The molecule has 0 radical (unpaired) electrons. The van der Waals surface area contributed by atoms with Gasteiger partial charge in [0.1, 0.15) is 18.1 Å². The molecule has 4 heteroatoms. The zero-order valence-corrected chi connectivity index (χ0v) is 13.6. The molecule has 0 saturated heterocycles. The minimum absolute atomic E-state index is 0.733. The molecule has 2 aromatic carbocycles. The predicted octanol–water partition coefficient (Wildman–Crippen LogP) is 3.64. The number of nitrogen functional groups attached to an aromatic ring is 1. The first-order valence-electron chi connectivity index (χ1n) is 8.19. The fourth-order valence-electron chi connectivity index (χ4n) is 2.75. The van der Waals surface area contributed by atoms with Crippen molar-refractivity contribution in [2.75, 3.05) is 36.9 Å². The highest BCUT2D eigenvalue weighted by atomic mass is 16.5. The number of ether oxygens (including phenoxy) is 2. The Morgan fingerprint density at radius 2 is 1.96 bits per heavy atom. The highest BCUT2D eigenvalue weighted by Gasteiger charge is 2.17. The largest absolute Gasteiger partial charge is 0.494 e. The summed E-state index contributed by atoms with van der Waals surface area (Å²) < 4.78 is 11.5. The SMILES string of the molecule is Cc1ccc(OCCCCN2CCOc3ccc(N)cc32)cc1. The van der Waals surface area contributed by atoms with Crippen LogP contribution in [0.15, 0.2) is 42.5 Å². The van der Waals surface area contributed by atoms with E-state index in [4.69, 9.17) is 15.2 Å². The van der Waals surface area contributed by atoms with Crippen molar-refractivity contribution in [3.05, 3.63) is 48.0 Å². The number of unbranched alkanes of at least 4 members (excludes halogenated alkanes) is 1. The van der Waals surface area contributed by atoms with Crippen molar-refractivity contribution in [3.63, 3.8) is 0 Å². The van der Waals surface area contributed by atoms with Crippen molar-refractivity contribution < 1.29 is 9.47 Å². The second-order valence-electron chi connectivity index (χ2n) is 5.93. The van der Waals surface area contributed by atoms with E-state index in [-0.39, 0.29) is 0 Å². The lowest BCUT2D eigenvalue weighted by atomic mass is 10.2. The van der Waals surface area contributed by atoms with Crippen molar-refractivity contribution in [3.8, 4) is 11.5 Å². The Labute approximate surface area is 137 Å². The number of anilines is 2. The van der Waals surface area contributed by atoms with Gasteiger partial charge in [0, 0.05) is 12.2 Å². The second-order valence-corrected chi connectivity index (χ2v) is 5.93. The molecule has 1 aliphatic heterocycles. The average molecular weight is 312 g/mol. The quantitative estimate of drug-likeness (QED) is 0.653. The van der Waals surface area contributed by atoms with Gasteiger partial charge in [-0.1, -0.05) is 17.7 Å². The number of nitrogens with zero attached hydrogens (tertiary/aromatic N) is 1. The number of aryl methyl sites for hydroxylation is 1. The third kappa shape index (κ3) is 4.09. The second kappa shape index (κ2) is 7.27. The molecule has 1 heterocycles. The summed E-state index contributed by atoms with van der Waals surface area (Å²) in [6.07, 6.45) is 2.11. The molecule has 0 aromatic heterocycles. The van der Waals surface area contributed by atoms with E-state index in [9.17, 15) is 0 Å². The molecule has 1 aliphatic rings. The van der Waals surface area contributed by atoms with Crippen LogP contribution in [0.25, 0.3) is 0 Å². The third-order valence-corrected chi connectivity index (χ3v) is 4.05. The first kappa shape index (κ1) is 15.5. The third-order valence-electron chi connectivity index (χ3n) is 4.05. The smallest absolute Gasteiger partial charge is 0.142 e. The molecule has 0 amide bonds. The molecule has 3 rings (SSSR count). The van der Waals surface area contributed by atoms with Crippen LogP contribution in [0.2, 0.25) is 0 Å². The van der Waals surface area contributed by atoms with Gasteiger partial charge in [-0.05, 0) is 50.1 Å². The van der Waals surface area contributed by atoms with Gasteiger partial charge in [-0.2, -0.15) is 0 Å². The Kier molecular flexibility index (Phi) is 4.91. The maximum atomic E-state index is 5.89. The Morgan fingerprint density at radius 1 is 1.13 bits per heavy atom. The van der Waals surface area contributed by atoms with Crippen LogP contribution in [0, 0.1) is 6.92 Å². The van der Waals surface area contributed by atoms with E-state index in [0.29, 0.717) is 0 Å². The maximum Gasteiger partial charge on any atom is 0.142 e. The maximum absolute atomic E-state index is 5.89. The summed E-state index contributed by atoms with van der Waals surface area (Å²) in [5, 5.41) is 0. The van der Waals surface area contributed by atoms with Crippen molar-refractivity contribution in [2.24, 2.45) is 0 Å². The highest BCUT2D eigenvalue weighted by molar-refractivity contribution is 5.65. The molecule has 0 aliphatic carbocycles. The number of fused-ring (bicyclic) bond motifs is 1. The standard InChI is InChI=1S/C19H24N2O2/c1-15-4-7-17(8-5-15)22-12-3-2-10-21-11-13-23-19-9-6-16(20)14-18(19)21/h4-9,14H,2-3,10-13,20H2,1H3. The van der Waals surface area contributed by atoms with E-state index in [0.717, 1.165) is 62.0 Å². The highest BCUT2D eigenvalue weighted by Crippen LogP contribution is 2.33. The average Bonchev–Trinajstić information content (AvgIpc) is 2.56. The van der Waals surface area contributed by atoms with Gasteiger partial charge in [-0.25, -0.2) is 0 Å².